The Balaban J connectivity index is 1.80. The van der Waals surface area contributed by atoms with E-state index < -0.39 is 0 Å². The molecule has 0 saturated carbocycles. The van der Waals surface area contributed by atoms with Gasteiger partial charge in [-0.25, -0.2) is 9.97 Å². The summed E-state index contributed by atoms with van der Waals surface area (Å²) < 4.78 is 1.95. The molecule has 128 valence electrons. The highest BCUT2D eigenvalue weighted by molar-refractivity contribution is 6.01. The summed E-state index contributed by atoms with van der Waals surface area (Å²) >= 11 is 0. The number of benzene rings is 3. The normalized spacial score (nSPS) is 11.0. The van der Waals surface area contributed by atoms with Crippen LogP contribution in [0.5, 0.6) is 0 Å². The molecule has 0 amide bonds. The molecule has 0 radical (unpaired) electrons. The molecule has 0 N–H and O–H groups in total. The second kappa shape index (κ2) is 6.54. The molecule has 0 aliphatic rings. The van der Waals surface area contributed by atoms with Gasteiger partial charge in [-0.1, -0.05) is 78.9 Å². The van der Waals surface area contributed by atoms with Crippen molar-refractivity contribution in [2.75, 3.05) is 0 Å². The molecule has 27 heavy (non-hydrogen) atoms. The number of aromatic nitrogens is 3. The number of hydrogen-bond donors (Lipinski definition) is 0. The average Bonchev–Trinajstić information content (AvgIpc) is 3.20. The first kappa shape index (κ1) is 15.5. The minimum Gasteiger partial charge on any atom is -0.293 e. The van der Waals surface area contributed by atoms with Gasteiger partial charge >= 0.3 is 0 Å². The summed E-state index contributed by atoms with van der Waals surface area (Å²) in [6, 6.07) is 31.0. The van der Waals surface area contributed by atoms with Crippen LogP contribution in [0.3, 0.4) is 0 Å². The van der Waals surface area contributed by atoms with Crippen molar-refractivity contribution >= 4 is 11.0 Å². The Labute approximate surface area is 157 Å². The van der Waals surface area contributed by atoms with Gasteiger partial charge in [-0.2, -0.15) is 0 Å². The summed E-state index contributed by atoms with van der Waals surface area (Å²) in [6.45, 7) is 0. The summed E-state index contributed by atoms with van der Waals surface area (Å²) in [5, 5.41) is 0. The number of nitrogens with zero attached hydrogens (tertiary/aromatic N) is 3. The van der Waals surface area contributed by atoms with Crippen molar-refractivity contribution in [3.63, 3.8) is 0 Å². The van der Waals surface area contributed by atoms with Gasteiger partial charge < -0.3 is 0 Å². The lowest BCUT2D eigenvalue weighted by molar-refractivity contribution is -0.603. The van der Waals surface area contributed by atoms with Crippen LogP contribution >= 0.6 is 0 Å². The quantitative estimate of drug-likeness (QED) is 0.439. The Morgan fingerprint density at radius 1 is 0.593 bits per heavy atom. The summed E-state index contributed by atoms with van der Waals surface area (Å²) in [5.41, 5.74) is 6.34. The molecule has 5 rings (SSSR count). The van der Waals surface area contributed by atoms with Crippen LogP contribution in [0.4, 0.5) is 0 Å². The molecule has 0 saturated heterocycles. The van der Waals surface area contributed by atoms with Gasteiger partial charge in [-0.05, 0) is 23.3 Å². The SMILES string of the molecule is c1ccc(-c2ccc(-c3ccccc3)c3[n-]c(-[n+]4ccccc4)nc23)cc1. The molecule has 3 heteroatoms. The predicted molar refractivity (Wildman–Crippen MR) is 107 cm³/mol. The zero-order valence-corrected chi connectivity index (χ0v) is 14.7. The van der Waals surface area contributed by atoms with Gasteiger partial charge in [-0.3, -0.25) is 4.57 Å². The van der Waals surface area contributed by atoms with E-state index in [-0.39, 0.29) is 0 Å². The van der Waals surface area contributed by atoms with Gasteiger partial charge in [-0.15, -0.1) is 0 Å². The van der Waals surface area contributed by atoms with E-state index in [4.69, 9.17) is 9.97 Å². The van der Waals surface area contributed by atoms with Crippen LogP contribution in [-0.4, -0.2) is 4.98 Å². The van der Waals surface area contributed by atoms with Crippen LogP contribution in [0.1, 0.15) is 0 Å². The molecule has 3 aromatic carbocycles. The Kier molecular flexibility index (Phi) is 3.76. The van der Waals surface area contributed by atoms with E-state index in [2.05, 4.69) is 60.7 Å². The zero-order chi connectivity index (χ0) is 18.1. The summed E-state index contributed by atoms with van der Waals surface area (Å²) in [6.07, 6.45) is 3.94. The van der Waals surface area contributed by atoms with Crippen LogP contribution in [0.15, 0.2) is 103 Å². The standard InChI is InChI=1S/C24H17N3/c1-4-10-18(11-5-1)20-14-15-21(19-12-6-2-7-13-19)23-22(20)25-24(26-23)27-16-8-3-9-17-27/h1-17H. The lowest BCUT2D eigenvalue weighted by Crippen LogP contribution is -2.31. The topological polar surface area (TPSA) is 30.9 Å². The maximum atomic E-state index is 4.90. The number of rotatable bonds is 3. The summed E-state index contributed by atoms with van der Waals surface area (Å²) in [7, 11) is 0. The van der Waals surface area contributed by atoms with Crippen molar-refractivity contribution < 1.29 is 4.57 Å². The molecule has 2 heterocycles. The Morgan fingerprint density at radius 2 is 1.15 bits per heavy atom. The molecule has 0 bridgehead atoms. The van der Waals surface area contributed by atoms with Crippen LogP contribution in [0.2, 0.25) is 0 Å². The van der Waals surface area contributed by atoms with Crippen molar-refractivity contribution in [2.24, 2.45) is 0 Å². The first-order chi connectivity index (χ1) is 13.4. The minimum absolute atomic E-state index is 0.686. The monoisotopic (exact) mass is 347 g/mol. The average molecular weight is 347 g/mol. The van der Waals surface area contributed by atoms with Crippen LogP contribution < -0.4 is 9.55 Å². The highest BCUT2D eigenvalue weighted by Gasteiger charge is 2.15. The molecule has 0 fully saturated rings. The smallest absolute Gasteiger partial charge is 0.234 e. The van der Waals surface area contributed by atoms with E-state index in [9.17, 15) is 0 Å². The van der Waals surface area contributed by atoms with E-state index in [1.165, 1.54) is 0 Å². The largest absolute Gasteiger partial charge is 0.293 e. The number of pyridine rings is 1. The third-order valence-electron chi connectivity index (χ3n) is 4.69. The van der Waals surface area contributed by atoms with E-state index in [0.717, 1.165) is 33.3 Å². The van der Waals surface area contributed by atoms with Gasteiger partial charge in [0.2, 0.25) is 5.95 Å². The molecule has 0 aliphatic heterocycles. The summed E-state index contributed by atoms with van der Waals surface area (Å²) in [5.74, 6) is 0.686. The molecule has 2 aromatic heterocycles. The Hall–Kier alpha value is -3.72. The molecular weight excluding hydrogens is 330 g/mol. The molecule has 0 spiro atoms. The fraction of sp³-hybridized carbons (Fsp3) is 0. The third kappa shape index (κ3) is 2.79. The van der Waals surface area contributed by atoms with Crippen LogP contribution in [-0.2, 0) is 0 Å². The predicted octanol–water partition coefficient (Wildman–Crippen LogP) is 4.80. The highest BCUT2D eigenvalue weighted by atomic mass is 15.1. The van der Waals surface area contributed by atoms with Gasteiger partial charge in [0.25, 0.3) is 0 Å². The number of fused-ring (bicyclic) bond motifs is 1. The van der Waals surface area contributed by atoms with Crippen LogP contribution in [0, 0.1) is 0 Å². The minimum atomic E-state index is 0.686. The van der Waals surface area contributed by atoms with Crippen molar-refractivity contribution in [3.8, 4) is 28.2 Å². The van der Waals surface area contributed by atoms with E-state index in [0.29, 0.717) is 5.95 Å². The van der Waals surface area contributed by atoms with Gasteiger partial charge in [0.15, 0.2) is 0 Å². The second-order valence-corrected chi connectivity index (χ2v) is 6.40. The Morgan fingerprint density at radius 3 is 1.81 bits per heavy atom. The number of imidazole rings is 1. The van der Waals surface area contributed by atoms with Crippen molar-refractivity contribution in [1.29, 1.82) is 0 Å². The first-order valence-corrected chi connectivity index (χ1v) is 8.95. The lowest BCUT2D eigenvalue weighted by atomic mass is 9.98. The van der Waals surface area contributed by atoms with Gasteiger partial charge in [0.1, 0.15) is 11.0 Å². The lowest BCUT2D eigenvalue weighted by Gasteiger charge is -2.07. The second-order valence-electron chi connectivity index (χ2n) is 6.40. The number of hydrogen-bond acceptors (Lipinski definition) is 1. The first-order valence-electron chi connectivity index (χ1n) is 8.95. The van der Waals surface area contributed by atoms with Crippen molar-refractivity contribution in [2.45, 2.75) is 0 Å². The molecular formula is C24H17N3. The molecule has 5 aromatic rings. The van der Waals surface area contributed by atoms with E-state index >= 15 is 0 Å². The molecule has 3 nitrogen and oxygen atoms in total. The molecule has 0 unspecified atom stereocenters. The highest BCUT2D eigenvalue weighted by Crippen LogP contribution is 2.33. The maximum absolute atomic E-state index is 4.90. The zero-order valence-electron chi connectivity index (χ0n) is 14.7. The fourth-order valence-corrected chi connectivity index (χ4v) is 3.38. The third-order valence-corrected chi connectivity index (χ3v) is 4.69. The molecule has 0 atom stereocenters. The Bertz CT molecular complexity index is 1120. The van der Waals surface area contributed by atoms with Gasteiger partial charge in [0, 0.05) is 23.5 Å². The molecule has 0 aliphatic carbocycles. The maximum Gasteiger partial charge on any atom is 0.234 e. The summed E-state index contributed by atoms with van der Waals surface area (Å²) in [4.78, 5) is 9.79. The van der Waals surface area contributed by atoms with E-state index in [1.807, 2.05) is 47.3 Å². The van der Waals surface area contributed by atoms with Gasteiger partial charge in [0.05, 0.1) is 0 Å². The van der Waals surface area contributed by atoms with Crippen molar-refractivity contribution in [3.05, 3.63) is 103 Å². The van der Waals surface area contributed by atoms with Crippen molar-refractivity contribution in [1.82, 2.24) is 9.97 Å². The fourth-order valence-electron chi connectivity index (χ4n) is 3.38. The van der Waals surface area contributed by atoms with Crippen LogP contribution in [0.25, 0.3) is 39.2 Å². The van der Waals surface area contributed by atoms with E-state index in [1.54, 1.807) is 0 Å².